The Morgan fingerprint density at radius 1 is 1.00 bits per heavy atom. The lowest BCUT2D eigenvalue weighted by molar-refractivity contribution is 0.607. The van der Waals surface area contributed by atoms with Crippen LogP contribution in [0.1, 0.15) is 0 Å². The summed E-state index contributed by atoms with van der Waals surface area (Å²) < 4.78 is 27.0. The standard InChI is InChI=1S/C19H17N7O2S/c1-29(27,28)25-16-4-2-3-14(11-16)18-9-10-21-19(24-18)23-15-5-7-17(8-6-15)26-13-20-12-22-26/h2-13,25H,1H3,(H,21,23,24). The molecule has 0 saturated heterocycles. The smallest absolute Gasteiger partial charge is 0.229 e. The molecule has 0 fully saturated rings. The van der Waals surface area contributed by atoms with E-state index in [2.05, 4.69) is 30.1 Å². The minimum absolute atomic E-state index is 0.428. The lowest BCUT2D eigenvalue weighted by Gasteiger charge is -2.09. The fourth-order valence-corrected chi connectivity index (χ4v) is 3.26. The molecular formula is C19H17N7O2S. The van der Waals surface area contributed by atoms with E-state index >= 15 is 0 Å². The highest BCUT2D eigenvalue weighted by molar-refractivity contribution is 7.92. The van der Waals surface area contributed by atoms with Crippen LogP contribution in [0.3, 0.4) is 0 Å². The van der Waals surface area contributed by atoms with Crippen LogP contribution < -0.4 is 10.0 Å². The van der Waals surface area contributed by atoms with Crippen molar-refractivity contribution in [3.05, 3.63) is 73.4 Å². The first-order chi connectivity index (χ1) is 14.0. The van der Waals surface area contributed by atoms with Gasteiger partial charge in [0.25, 0.3) is 0 Å². The van der Waals surface area contributed by atoms with Crippen LogP contribution in [-0.2, 0) is 10.0 Å². The van der Waals surface area contributed by atoms with Crippen molar-refractivity contribution in [2.45, 2.75) is 0 Å². The van der Waals surface area contributed by atoms with Gasteiger partial charge in [-0.1, -0.05) is 12.1 Å². The Kier molecular flexibility index (Phi) is 4.92. The van der Waals surface area contributed by atoms with Crippen LogP contribution >= 0.6 is 0 Å². The third-order valence-corrected chi connectivity index (χ3v) is 4.53. The van der Waals surface area contributed by atoms with Crippen LogP contribution in [0.4, 0.5) is 17.3 Å². The lowest BCUT2D eigenvalue weighted by Crippen LogP contribution is -2.09. The largest absolute Gasteiger partial charge is 0.324 e. The summed E-state index contributed by atoms with van der Waals surface area (Å²) in [5, 5.41) is 7.25. The monoisotopic (exact) mass is 407 g/mol. The molecular weight excluding hydrogens is 390 g/mol. The maximum absolute atomic E-state index is 11.4. The molecule has 29 heavy (non-hydrogen) atoms. The molecule has 2 heterocycles. The number of nitrogens with zero attached hydrogens (tertiary/aromatic N) is 5. The van der Waals surface area contributed by atoms with Gasteiger partial charge in [-0.2, -0.15) is 5.10 Å². The number of hydrogen-bond acceptors (Lipinski definition) is 7. The van der Waals surface area contributed by atoms with Gasteiger partial charge in [0, 0.05) is 23.1 Å². The minimum atomic E-state index is -3.35. The van der Waals surface area contributed by atoms with E-state index in [0.29, 0.717) is 17.3 Å². The van der Waals surface area contributed by atoms with Gasteiger partial charge in [0.05, 0.1) is 17.6 Å². The molecule has 2 N–H and O–H groups in total. The molecule has 0 aliphatic rings. The Labute approximate surface area is 167 Å². The summed E-state index contributed by atoms with van der Waals surface area (Å²) in [6.07, 6.45) is 5.86. The van der Waals surface area contributed by atoms with Gasteiger partial charge in [0.15, 0.2) is 0 Å². The van der Waals surface area contributed by atoms with Crippen molar-refractivity contribution in [1.82, 2.24) is 24.7 Å². The molecule has 0 spiro atoms. The maximum Gasteiger partial charge on any atom is 0.229 e. The van der Waals surface area contributed by atoms with Gasteiger partial charge >= 0.3 is 0 Å². The zero-order valence-electron chi connectivity index (χ0n) is 15.4. The van der Waals surface area contributed by atoms with Gasteiger partial charge in [-0.3, -0.25) is 4.72 Å². The maximum atomic E-state index is 11.4. The van der Waals surface area contributed by atoms with E-state index in [1.54, 1.807) is 41.5 Å². The van der Waals surface area contributed by atoms with Crippen molar-refractivity contribution < 1.29 is 8.42 Å². The van der Waals surface area contributed by atoms with Crippen LogP contribution in [0.5, 0.6) is 0 Å². The summed E-state index contributed by atoms with van der Waals surface area (Å²) in [4.78, 5) is 12.7. The Hall–Kier alpha value is -3.79. The van der Waals surface area contributed by atoms with E-state index in [9.17, 15) is 8.42 Å². The molecule has 2 aromatic carbocycles. The number of hydrogen-bond donors (Lipinski definition) is 2. The molecule has 146 valence electrons. The molecule has 9 nitrogen and oxygen atoms in total. The van der Waals surface area contributed by atoms with Gasteiger partial charge in [0.1, 0.15) is 12.7 Å². The second-order valence-corrected chi connectivity index (χ2v) is 7.98. The van der Waals surface area contributed by atoms with E-state index in [0.717, 1.165) is 23.2 Å². The average molecular weight is 407 g/mol. The average Bonchev–Trinajstić information content (AvgIpc) is 3.23. The van der Waals surface area contributed by atoms with Crippen molar-refractivity contribution in [3.63, 3.8) is 0 Å². The predicted molar refractivity (Wildman–Crippen MR) is 111 cm³/mol. The molecule has 0 aliphatic carbocycles. The number of anilines is 3. The highest BCUT2D eigenvalue weighted by atomic mass is 32.2. The first-order valence-electron chi connectivity index (χ1n) is 8.60. The second-order valence-electron chi connectivity index (χ2n) is 6.23. The number of rotatable bonds is 6. The Balaban J connectivity index is 1.54. The van der Waals surface area contributed by atoms with E-state index in [4.69, 9.17) is 0 Å². The molecule has 10 heteroatoms. The van der Waals surface area contributed by atoms with Gasteiger partial charge in [-0.15, -0.1) is 0 Å². The number of nitrogens with one attached hydrogen (secondary N) is 2. The lowest BCUT2D eigenvalue weighted by atomic mass is 10.1. The molecule has 4 aromatic rings. The van der Waals surface area contributed by atoms with Crippen molar-refractivity contribution in [2.24, 2.45) is 0 Å². The van der Waals surface area contributed by atoms with Crippen molar-refractivity contribution in [3.8, 4) is 16.9 Å². The molecule has 2 aromatic heterocycles. The van der Waals surface area contributed by atoms with Crippen LogP contribution in [0.25, 0.3) is 16.9 Å². The third-order valence-electron chi connectivity index (χ3n) is 3.92. The second kappa shape index (κ2) is 7.68. The zero-order valence-corrected chi connectivity index (χ0v) is 16.2. The molecule has 0 saturated carbocycles. The van der Waals surface area contributed by atoms with E-state index < -0.39 is 10.0 Å². The third kappa shape index (κ3) is 4.74. The number of sulfonamides is 1. The zero-order chi connectivity index (χ0) is 20.3. The topological polar surface area (TPSA) is 115 Å². The van der Waals surface area contributed by atoms with Crippen LogP contribution in [0.2, 0.25) is 0 Å². The molecule has 0 bridgehead atoms. The predicted octanol–water partition coefficient (Wildman–Crippen LogP) is 2.84. The van der Waals surface area contributed by atoms with Gasteiger partial charge in [-0.05, 0) is 42.5 Å². The highest BCUT2D eigenvalue weighted by Crippen LogP contribution is 2.23. The van der Waals surface area contributed by atoms with Crippen LogP contribution in [-0.4, -0.2) is 39.4 Å². The van der Waals surface area contributed by atoms with E-state index in [1.165, 1.54) is 6.33 Å². The SMILES string of the molecule is CS(=O)(=O)Nc1cccc(-c2ccnc(Nc3ccc(-n4cncn4)cc3)n2)c1. The number of benzene rings is 2. The van der Waals surface area contributed by atoms with Gasteiger partial charge in [0.2, 0.25) is 16.0 Å². The summed E-state index contributed by atoms with van der Waals surface area (Å²) in [5.74, 6) is 0.428. The van der Waals surface area contributed by atoms with E-state index in [1.807, 2.05) is 30.3 Å². The minimum Gasteiger partial charge on any atom is -0.324 e. The van der Waals surface area contributed by atoms with E-state index in [-0.39, 0.29) is 0 Å². The molecule has 0 unspecified atom stereocenters. The Morgan fingerprint density at radius 3 is 2.55 bits per heavy atom. The fraction of sp³-hybridized carbons (Fsp3) is 0.0526. The summed E-state index contributed by atoms with van der Waals surface area (Å²) in [6.45, 7) is 0. The first-order valence-corrected chi connectivity index (χ1v) is 10.5. The summed E-state index contributed by atoms with van der Waals surface area (Å²) >= 11 is 0. The van der Waals surface area contributed by atoms with Gasteiger partial charge < -0.3 is 5.32 Å². The van der Waals surface area contributed by atoms with Crippen molar-refractivity contribution in [2.75, 3.05) is 16.3 Å². The quantitative estimate of drug-likeness (QED) is 0.505. The fourth-order valence-electron chi connectivity index (χ4n) is 2.70. The van der Waals surface area contributed by atoms with Gasteiger partial charge in [-0.25, -0.2) is 28.1 Å². The number of aromatic nitrogens is 5. The Bertz CT molecular complexity index is 1220. The van der Waals surface area contributed by atoms with Crippen molar-refractivity contribution in [1.29, 1.82) is 0 Å². The Morgan fingerprint density at radius 2 is 1.83 bits per heavy atom. The van der Waals surface area contributed by atoms with Crippen LogP contribution in [0, 0.1) is 0 Å². The normalized spacial score (nSPS) is 11.2. The molecule has 4 rings (SSSR count). The summed E-state index contributed by atoms with van der Waals surface area (Å²) in [7, 11) is -3.35. The summed E-state index contributed by atoms with van der Waals surface area (Å²) in [5.41, 5.74) is 3.61. The summed E-state index contributed by atoms with van der Waals surface area (Å²) in [6, 6.07) is 16.4. The highest BCUT2D eigenvalue weighted by Gasteiger charge is 2.07. The first kappa shape index (κ1) is 18.6. The van der Waals surface area contributed by atoms with Crippen molar-refractivity contribution >= 4 is 27.3 Å². The molecule has 0 aliphatic heterocycles. The molecule has 0 amide bonds. The van der Waals surface area contributed by atoms with Crippen LogP contribution in [0.15, 0.2) is 73.4 Å². The molecule has 0 radical (unpaired) electrons. The molecule has 0 atom stereocenters.